The summed E-state index contributed by atoms with van der Waals surface area (Å²) >= 11 is 0. The van der Waals surface area contributed by atoms with Gasteiger partial charge in [-0.05, 0) is 48.9 Å². The van der Waals surface area contributed by atoms with E-state index in [4.69, 9.17) is 0 Å². The number of benzene rings is 1. The van der Waals surface area contributed by atoms with Crippen molar-refractivity contribution in [1.82, 2.24) is 10.2 Å². The van der Waals surface area contributed by atoms with E-state index in [-0.39, 0.29) is 18.2 Å². The molecule has 1 aromatic rings. The number of hydrogen-bond acceptors (Lipinski definition) is 3. The molecule has 1 aromatic carbocycles. The Hall–Kier alpha value is -1.39. The molecule has 1 amide bonds. The van der Waals surface area contributed by atoms with E-state index in [1.54, 1.807) is 0 Å². The van der Waals surface area contributed by atoms with E-state index >= 15 is 0 Å². The van der Waals surface area contributed by atoms with Gasteiger partial charge in [0.05, 0.1) is 12.5 Å². The SMILES string of the molecule is CC1CCN(Cc2ccc(CNC(=O)CC(O)C(C)C)cc2)CC1. The van der Waals surface area contributed by atoms with Gasteiger partial charge in [-0.3, -0.25) is 9.69 Å². The smallest absolute Gasteiger partial charge is 0.222 e. The molecule has 4 heteroatoms. The first-order chi connectivity index (χ1) is 11.4. The number of rotatable bonds is 7. The summed E-state index contributed by atoms with van der Waals surface area (Å²) in [5.41, 5.74) is 2.42. The minimum Gasteiger partial charge on any atom is -0.392 e. The van der Waals surface area contributed by atoms with Gasteiger partial charge < -0.3 is 10.4 Å². The summed E-state index contributed by atoms with van der Waals surface area (Å²) in [7, 11) is 0. The average molecular weight is 332 g/mol. The van der Waals surface area contributed by atoms with Gasteiger partial charge in [-0.1, -0.05) is 45.0 Å². The number of carbonyl (C=O) groups is 1. The molecule has 1 aliphatic rings. The Labute approximate surface area is 146 Å². The maximum atomic E-state index is 11.8. The van der Waals surface area contributed by atoms with Crippen LogP contribution in [0.1, 0.15) is 51.2 Å². The predicted molar refractivity (Wildman–Crippen MR) is 97.4 cm³/mol. The Morgan fingerprint density at radius 3 is 2.38 bits per heavy atom. The Balaban J connectivity index is 1.74. The van der Waals surface area contributed by atoms with Crippen molar-refractivity contribution in [2.24, 2.45) is 11.8 Å². The molecule has 1 fully saturated rings. The zero-order valence-corrected chi connectivity index (χ0v) is 15.3. The van der Waals surface area contributed by atoms with E-state index in [9.17, 15) is 9.90 Å². The van der Waals surface area contributed by atoms with E-state index in [2.05, 4.69) is 41.4 Å². The first kappa shape index (κ1) is 18.9. The molecule has 0 saturated carbocycles. The molecular weight excluding hydrogens is 300 g/mol. The second-order valence-electron chi connectivity index (χ2n) is 7.57. The van der Waals surface area contributed by atoms with Crippen molar-refractivity contribution in [2.45, 2.75) is 59.2 Å². The number of aliphatic hydroxyl groups excluding tert-OH is 1. The molecular formula is C20H32N2O2. The summed E-state index contributed by atoms with van der Waals surface area (Å²) in [4.78, 5) is 14.3. The number of nitrogens with zero attached hydrogens (tertiary/aromatic N) is 1. The third kappa shape index (κ3) is 6.25. The van der Waals surface area contributed by atoms with E-state index in [0.29, 0.717) is 6.54 Å². The molecule has 0 radical (unpaired) electrons. The zero-order chi connectivity index (χ0) is 17.5. The van der Waals surface area contributed by atoms with Gasteiger partial charge in [-0.2, -0.15) is 0 Å². The maximum absolute atomic E-state index is 11.8. The summed E-state index contributed by atoms with van der Waals surface area (Å²) in [6, 6.07) is 8.48. The van der Waals surface area contributed by atoms with Gasteiger partial charge in [-0.25, -0.2) is 0 Å². The molecule has 1 unspecified atom stereocenters. The van der Waals surface area contributed by atoms with Crippen molar-refractivity contribution in [3.63, 3.8) is 0 Å². The molecule has 134 valence electrons. The molecule has 0 spiro atoms. The topological polar surface area (TPSA) is 52.6 Å². The van der Waals surface area contributed by atoms with Gasteiger partial charge in [0, 0.05) is 13.1 Å². The van der Waals surface area contributed by atoms with Gasteiger partial charge in [0.1, 0.15) is 0 Å². The Morgan fingerprint density at radius 1 is 1.21 bits per heavy atom. The van der Waals surface area contributed by atoms with Crippen LogP contribution in [0.3, 0.4) is 0 Å². The number of carbonyl (C=O) groups excluding carboxylic acids is 1. The Kier molecular flexibility index (Phi) is 7.25. The molecule has 0 bridgehead atoms. The number of aliphatic hydroxyl groups is 1. The summed E-state index contributed by atoms with van der Waals surface area (Å²) in [5.74, 6) is 0.872. The standard InChI is InChI=1S/C20H32N2O2/c1-15(2)19(23)12-20(24)21-13-17-4-6-18(7-5-17)14-22-10-8-16(3)9-11-22/h4-7,15-16,19,23H,8-14H2,1-3H3,(H,21,24). The van der Waals surface area contributed by atoms with Gasteiger partial charge in [0.25, 0.3) is 0 Å². The summed E-state index contributed by atoms with van der Waals surface area (Å²) in [6.07, 6.45) is 2.20. The molecule has 24 heavy (non-hydrogen) atoms. The summed E-state index contributed by atoms with van der Waals surface area (Å²) in [5, 5.41) is 12.6. The van der Waals surface area contributed by atoms with Crippen LogP contribution in [0.2, 0.25) is 0 Å². The van der Waals surface area contributed by atoms with Crippen LogP contribution in [-0.2, 0) is 17.9 Å². The molecule has 0 aromatic heterocycles. The normalized spacial score (nSPS) is 17.9. The minimum atomic E-state index is -0.570. The fourth-order valence-electron chi connectivity index (χ4n) is 2.94. The van der Waals surface area contributed by atoms with Crippen molar-refractivity contribution in [1.29, 1.82) is 0 Å². The van der Waals surface area contributed by atoms with Crippen molar-refractivity contribution in [2.75, 3.05) is 13.1 Å². The lowest BCUT2D eigenvalue weighted by molar-refractivity contribution is -0.123. The molecule has 0 aliphatic carbocycles. The second-order valence-corrected chi connectivity index (χ2v) is 7.57. The average Bonchev–Trinajstić information content (AvgIpc) is 2.56. The third-order valence-corrected chi connectivity index (χ3v) is 4.96. The zero-order valence-electron chi connectivity index (χ0n) is 15.3. The van der Waals surface area contributed by atoms with Crippen LogP contribution < -0.4 is 5.32 Å². The van der Waals surface area contributed by atoms with Crippen LogP contribution in [0, 0.1) is 11.8 Å². The molecule has 4 nitrogen and oxygen atoms in total. The minimum absolute atomic E-state index is 0.0947. The first-order valence-corrected chi connectivity index (χ1v) is 9.19. The Bertz CT molecular complexity index is 505. The fourth-order valence-corrected chi connectivity index (χ4v) is 2.94. The van der Waals surface area contributed by atoms with Gasteiger partial charge in [0.2, 0.25) is 5.91 Å². The van der Waals surface area contributed by atoms with E-state index in [0.717, 1.165) is 18.0 Å². The van der Waals surface area contributed by atoms with Gasteiger partial charge >= 0.3 is 0 Å². The van der Waals surface area contributed by atoms with Crippen molar-refractivity contribution in [3.05, 3.63) is 35.4 Å². The summed E-state index contributed by atoms with van der Waals surface area (Å²) in [6.45, 7) is 10.1. The highest BCUT2D eigenvalue weighted by Gasteiger charge is 2.16. The van der Waals surface area contributed by atoms with E-state index in [1.165, 1.54) is 31.5 Å². The molecule has 1 aliphatic heterocycles. The molecule has 1 saturated heterocycles. The van der Waals surface area contributed by atoms with Crippen molar-refractivity contribution < 1.29 is 9.90 Å². The lowest BCUT2D eigenvalue weighted by atomic mass is 9.99. The molecule has 2 rings (SSSR count). The number of likely N-dealkylation sites (tertiary alicyclic amines) is 1. The lowest BCUT2D eigenvalue weighted by Crippen LogP contribution is -2.32. The Morgan fingerprint density at radius 2 is 1.79 bits per heavy atom. The van der Waals surface area contributed by atoms with E-state index in [1.807, 2.05) is 13.8 Å². The molecule has 1 atom stereocenters. The van der Waals surface area contributed by atoms with E-state index < -0.39 is 6.10 Å². The predicted octanol–water partition coefficient (Wildman–Crippen LogP) is 2.94. The van der Waals surface area contributed by atoms with Crippen LogP contribution in [0.4, 0.5) is 0 Å². The summed E-state index contributed by atoms with van der Waals surface area (Å²) < 4.78 is 0. The number of piperidine rings is 1. The third-order valence-electron chi connectivity index (χ3n) is 4.96. The van der Waals surface area contributed by atoms with Crippen LogP contribution in [0.25, 0.3) is 0 Å². The lowest BCUT2D eigenvalue weighted by Gasteiger charge is -2.30. The number of nitrogens with one attached hydrogen (secondary N) is 1. The largest absolute Gasteiger partial charge is 0.392 e. The monoisotopic (exact) mass is 332 g/mol. The van der Waals surface area contributed by atoms with Crippen LogP contribution in [0.5, 0.6) is 0 Å². The highest BCUT2D eigenvalue weighted by molar-refractivity contribution is 5.76. The van der Waals surface area contributed by atoms with Gasteiger partial charge in [-0.15, -0.1) is 0 Å². The highest BCUT2D eigenvalue weighted by Crippen LogP contribution is 2.18. The maximum Gasteiger partial charge on any atom is 0.222 e. The first-order valence-electron chi connectivity index (χ1n) is 9.19. The second kappa shape index (κ2) is 9.19. The highest BCUT2D eigenvalue weighted by atomic mass is 16.3. The molecule has 1 heterocycles. The molecule has 2 N–H and O–H groups in total. The van der Waals surface area contributed by atoms with Crippen molar-refractivity contribution in [3.8, 4) is 0 Å². The van der Waals surface area contributed by atoms with Gasteiger partial charge in [0.15, 0.2) is 0 Å². The van der Waals surface area contributed by atoms with Crippen LogP contribution in [0.15, 0.2) is 24.3 Å². The number of hydrogen-bond donors (Lipinski definition) is 2. The van der Waals surface area contributed by atoms with Crippen LogP contribution >= 0.6 is 0 Å². The fraction of sp³-hybridized carbons (Fsp3) is 0.650. The van der Waals surface area contributed by atoms with Crippen molar-refractivity contribution >= 4 is 5.91 Å². The quantitative estimate of drug-likeness (QED) is 0.807. The van der Waals surface area contributed by atoms with Crippen LogP contribution in [-0.4, -0.2) is 35.1 Å². The number of amides is 1.